The van der Waals surface area contributed by atoms with Crippen LogP contribution in [0.5, 0.6) is 0 Å². The molecule has 0 bridgehead atoms. The van der Waals surface area contributed by atoms with Gasteiger partial charge in [-0.05, 0) is 37.0 Å². The first-order chi connectivity index (χ1) is 31.6. The van der Waals surface area contributed by atoms with Crippen LogP contribution in [-0.4, -0.2) is 37.2 Å². The molecule has 0 spiro atoms. The minimum Gasteiger partial charge on any atom is -0.462 e. The molecule has 6 nitrogen and oxygen atoms in total. The van der Waals surface area contributed by atoms with E-state index in [2.05, 4.69) is 41.5 Å². The van der Waals surface area contributed by atoms with Gasteiger partial charge < -0.3 is 14.2 Å². The summed E-state index contributed by atoms with van der Waals surface area (Å²) in [4.78, 5) is 38.1. The first-order valence-corrected chi connectivity index (χ1v) is 29.1. The van der Waals surface area contributed by atoms with Crippen molar-refractivity contribution in [3.63, 3.8) is 0 Å². The van der Waals surface area contributed by atoms with E-state index < -0.39 is 6.10 Å². The van der Waals surface area contributed by atoms with E-state index in [1.807, 2.05) is 0 Å². The summed E-state index contributed by atoms with van der Waals surface area (Å²) >= 11 is 0. The zero-order valence-electron chi connectivity index (χ0n) is 44.8. The second kappa shape index (κ2) is 50.3. The summed E-state index contributed by atoms with van der Waals surface area (Å²) in [6.07, 6.45) is 52.5. The Labute approximate surface area is 406 Å². The molecule has 0 aromatic carbocycles. The molecule has 0 unspecified atom stereocenters. The van der Waals surface area contributed by atoms with E-state index >= 15 is 0 Å². The van der Waals surface area contributed by atoms with Crippen LogP contribution in [0.15, 0.2) is 0 Å². The molecular weight excluding hydrogens is 805 g/mol. The van der Waals surface area contributed by atoms with Gasteiger partial charge in [-0.1, -0.05) is 286 Å². The topological polar surface area (TPSA) is 78.9 Å². The lowest BCUT2D eigenvalue weighted by molar-refractivity contribution is -0.167. The minimum atomic E-state index is -0.764. The maximum absolute atomic E-state index is 12.9. The summed E-state index contributed by atoms with van der Waals surface area (Å²) in [6, 6.07) is 0. The van der Waals surface area contributed by atoms with Crippen LogP contribution in [0.1, 0.15) is 324 Å². The lowest BCUT2D eigenvalue weighted by Crippen LogP contribution is -2.30. The Morgan fingerprint density at radius 3 is 0.662 bits per heavy atom. The molecule has 0 rings (SSSR count). The average Bonchev–Trinajstić information content (AvgIpc) is 3.26. The van der Waals surface area contributed by atoms with Crippen molar-refractivity contribution >= 4 is 17.9 Å². The van der Waals surface area contributed by atoms with Crippen LogP contribution < -0.4 is 0 Å². The maximum atomic E-state index is 12.9. The molecule has 0 saturated carbocycles. The van der Waals surface area contributed by atoms with Gasteiger partial charge in [-0.3, -0.25) is 14.4 Å². The van der Waals surface area contributed by atoms with Crippen molar-refractivity contribution in [3.8, 4) is 0 Å². The van der Waals surface area contributed by atoms with Crippen molar-refractivity contribution in [2.45, 2.75) is 330 Å². The smallest absolute Gasteiger partial charge is 0.306 e. The fraction of sp³-hybridized carbons (Fsp3) is 0.949. The lowest BCUT2D eigenvalue weighted by atomic mass is 10.0. The van der Waals surface area contributed by atoms with Crippen molar-refractivity contribution in [2.75, 3.05) is 13.2 Å². The Morgan fingerprint density at radius 1 is 0.262 bits per heavy atom. The molecule has 0 N–H and O–H groups in total. The van der Waals surface area contributed by atoms with Gasteiger partial charge in [0.15, 0.2) is 6.10 Å². The van der Waals surface area contributed by atoms with Gasteiger partial charge in [-0.2, -0.15) is 0 Å². The van der Waals surface area contributed by atoms with Gasteiger partial charge in [0.2, 0.25) is 0 Å². The number of carbonyl (C=O) groups excluding carboxylic acids is 3. The van der Waals surface area contributed by atoms with E-state index in [0.717, 1.165) is 75.5 Å². The van der Waals surface area contributed by atoms with Crippen molar-refractivity contribution < 1.29 is 28.6 Å². The number of rotatable bonds is 52. The van der Waals surface area contributed by atoms with Crippen LogP contribution in [0, 0.1) is 17.8 Å². The van der Waals surface area contributed by atoms with Gasteiger partial charge in [0, 0.05) is 19.3 Å². The van der Waals surface area contributed by atoms with E-state index in [-0.39, 0.29) is 31.1 Å². The molecule has 0 aliphatic carbocycles. The highest BCUT2D eigenvalue weighted by atomic mass is 16.6. The second-order valence-electron chi connectivity index (χ2n) is 21.7. The summed E-state index contributed by atoms with van der Waals surface area (Å²) in [5, 5.41) is 0. The molecule has 0 saturated heterocycles. The summed E-state index contributed by atoms with van der Waals surface area (Å²) in [5.41, 5.74) is 0. The zero-order chi connectivity index (χ0) is 47.7. The number of hydrogen-bond acceptors (Lipinski definition) is 6. The molecule has 0 aromatic heterocycles. The molecule has 0 fully saturated rings. The minimum absolute atomic E-state index is 0.0639. The fourth-order valence-corrected chi connectivity index (χ4v) is 9.00. The monoisotopic (exact) mass is 919 g/mol. The first-order valence-electron chi connectivity index (χ1n) is 29.1. The van der Waals surface area contributed by atoms with E-state index in [4.69, 9.17) is 14.2 Å². The van der Waals surface area contributed by atoms with Crippen LogP contribution >= 0.6 is 0 Å². The highest BCUT2D eigenvalue weighted by molar-refractivity contribution is 5.71. The molecule has 1 atom stereocenters. The third kappa shape index (κ3) is 53.2. The first kappa shape index (κ1) is 63.4. The predicted octanol–water partition coefficient (Wildman–Crippen LogP) is 19.1. The number of esters is 3. The number of carbonyl (C=O) groups is 3. The third-order valence-corrected chi connectivity index (χ3v) is 13.4. The molecule has 0 aliphatic heterocycles. The Bertz CT molecular complexity index is 1010. The molecule has 65 heavy (non-hydrogen) atoms. The number of ether oxygens (including phenoxy) is 3. The fourth-order valence-electron chi connectivity index (χ4n) is 9.00. The Morgan fingerprint density at radius 2 is 0.446 bits per heavy atom. The summed E-state index contributed by atoms with van der Waals surface area (Å²) in [5.74, 6) is 1.65. The third-order valence-electron chi connectivity index (χ3n) is 13.4. The molecule has 386 valence electrons. The Kier molecular flexibility index (Phi) is 49.1. The molecule has 6 heteroatoms. The van der Waals surface area contributed by atoms with E-state index in [0.29, 0.717) is 19.3 Å². The summed E-state index contributed by atoms with van der Waals surface area (Å²) < 4.78 is 16.9. The van der Waals surface area contributed by atoms with E-state index in [9.17, 15) is 14.4 Å². The maximum Gasteiger partial charge on any atom is 0.306 e. The number of unbranched alkanes of at least 4 members (excludes halogenated alkanes) is 35. The largest absolute Gasteiger partial charge is 0.462 e. The van der Waals surface area contributed by atoms with Crippen LogP contribution in [-0.2, 0) is 28.6 Å². The number of hydrogen-bond donors (Lipinski definition) is 0. The van der Waals surface area contributed by atoms with E-state index in [1.54, 1.807) is 0 Å². The quantitative estimate of drug-likeness (QED) is 0.0344. The van der Waals surface area contributed by atoms with Crippen LogP contribution in [0.2, 0.25) is 0 Å². The average molecular weight is 920 g/mol. The Hall–Kier alpha value is -1.59. The molecule has 0 heterocycles. The van der Waals surface area contributed by atoms with Crippen molar-refractivity contribution in [1.29, 1.82) is 0 Å². The van der Waals surface area contributed by atoms with Gasteiger partial charge in [-0.15, -0.1) is 0 Å². The predicted molar refractivity (Wildman–Crippen MR) is 279 cm³/mol. The van der Waals surface area contributed by atoms with Gasteiger partial charge in [0.05, 0.1) is 0 Å². The van der Waals surface area contributed by atoms with Gasteiger partial charge in [0.1, 0.15) is 13.2 Å². The molecule has 0 aliphatic rings. The van der Waals surface area contributed by atoms with Crippen LogP contribution in [0.3, 0.4) is 0 Å². The van der Waals surface area contributed by atoms with E-state index in [1.165, 1.54) is 205 Å². The van der Waals surface area contributed by atoms with Gasteiger partial charge in [-0.25, -0.2) is 0 Å². The van der Waals surface area contributed by atoms with Crippen LogP contribution in [0.25, 0.3) is 0 Å². The Balaban J connectivity index is 4.25. The van der Waals surface area contributed by atoms with Crippen molar-refractivity contribution in [3.05, 3.63) is 0 Å². The van der Waals surface area contributed by atoms with Crippen LogP contribution in [0.4, 0.5) is 0 Å². The van der Waals surface area contributed by atoms with Crippen molar-refractivity contribution in [2.24, 2.45) is 17.8 Å². The standard InChI is InChI=1S/C59H114O6/c1-53(2)45-39-33-27-21-16-13-11-9-7-8-10-12-14-18-25-32-38-44-50-59(62)65-56(52-64-58(61)49-43-37-31-26-20-23-29-35-41-47-55(5)6)51-63-57(60)48-42-36-30-24-19-15-17-22-28-34-40-46-54(3)4/h53-56H,7-52H2,1-6H3/t56-/m1/s1. The molecular formula is C59H114O6. The highest BCUT2D eigenvalue weighted by Crippen LogP contribution is 2.18. The lowest BCUT2D eigenvalue weighted by Gasteiger charge is -2.18. The SMILES string of the molecule is CC(C)CCCCCCCCCCCCCCCCCCCCC(=O)O[C@H](COC(=O)CCCCCCCCCCCCCC(C)C)COC(=O)CCCCCCCCCCCC(C)C. The van der Waals surface area contributed by atoms with Crippen molar-refractivity contribution in [1.82, 2.24) is 0 Å². The van der Waals surface area contributed by atoms with Gasteiger partial charge in [0.25, 0.3) is 0 Å². The normalized spacial score (nSPS) is 12.1. The van der Waals surface area contributed by atoms with Gasteiger partial charge >= 0.3 is 17.9 Å². The highest BCUT2D eigenvalue weighted by Gasteiger charge is 2.19. The molecule has 0 radical (unpaired) electrons. The zero-order valence-corrected chi connectivity index (χ0v) is 44.8. The summed E-state index contributed by atoms with van der Waals surface area (Å²) in [6.45, 7) is 13.7. The molecule has 0 aromatic rings. The summed E-state index contributed by atoms with van der Waals surface area (Å²) in [7, 11) is 0. The second-order valence-corrected chi connectivity index (χ2v) is 21.7. The molecule has 0 amide bonds.